The van der Waals surface area contributed by atoms with E-state index in [9.17, 15) is 22.8 Å². The number of carbonyl (C=O) groups is 1. The van der Waals surface area contributed by atoms with E-state index in [1.165, 1.54) is 22.8 Å². The van der Waals surface area contributed by atoms with Gasteiger partial charge in [0.25, 0.3) is 0 Å². The number of benzene rings is 3. The van der Waals surface area contributed by atoms with E-state index in [1.54, 1.807) is 24.3 Å². The lowest BCUT2D eigenvalue weighted by atomic mass is 10.1. The molecule has 4 rings (SSSR count). The summed E-state index contributed by atoms with van der Waals surface area (Å²) in [5, 5.41) is 3.16. The van der Waals surface area contributed by atoms with Gasteiger partial charge in [-0.15, -0.1) is 0 Å². The van der Waals surface area contributed by atoms with E-state index in [0.717, 1.165) is 11.6 Å². The third kappa shape index (κ3) is 4.39. The fourth-order valence-corrected chi connectivity index (χ4v) is 3.54. The van der Waals surface area contributed by atoms with Crippen LogP contribution in [0.2, 0.25) is 0 Å². The van der Waals surface area contributed by atoms with E-state index < -0.39 is 23.3 Å². The summed E-state index contributed by atoms with van der Waals surface area (Å²) in [5.74, 6) is -0.594. The quantitative estimate of drug-likeness (QED) is 0.504. The van der Waals surface area contributed by atoms with Crippen LogP contribution >= 0.6 is 0 Å². The van der Waals surface area contributed by atoms with Crippen LogP contribution in [0.1, 0.15) is 11.1 Å². The van der Waals surface area contributed by atoms with Gasteiger partial charge in [-0.3, -0.25) is 9.36 Å². The van der Waals surface area contributed by atoms with Crippen molar-refractivity contribution in [3.63, 3.8) is 0 Å². The van der Waals surface area contributed by atoms with Crippen molar-refractivity contribution in [2.75, 3.05) is 0 Å². The maximum Gasteiger partial charge on any atom is 0.416 e. The van der Waals surface area contributed by atoms with E-state index in [4.69, 9.17) is 0 Å². The van der Waals surface area contributed by atoms with E-state index in [-0.39, 0.29) is 18.7 Å². The van der Waals surface area contributed by atoms with Crippen molar-refractivity contribution in [1.29, 1.82) is 0 Å². The highest BCUT2D eigenvalue weighted by Crippen LogP contribution is 2.31. The summed E-state index contributed by atoms with van der Waals surface area (Å²) in [6.07, 6.45) is -4.52. The van der Waals surface area contributed by atoms with Crippen LogP contribution in [0, 0.1) is 0 Å². The summed E-state index contributed by atoms with van der Waals surface area (Å²) in [7, 11) is 0. The monoisotopic (exact) mass is 437 g/mol. The van der Waals surface area contributed by atoms with Crippen LogP contribution in [0.4, 0.5) is 13.2 Å². The molecule has 5 nitrogen and oxygen atoms in total. The number of aromatic nitrogens is 2. The van der Waals surface area contributed by atoms with Crippen molar-refractivity contribution in [2.24, 2.45) is 0 Å². The SMILES string of the molecule is O=C(Cn1c(=O)nc(-c2ccccc2)c2ccccc21)NCc1ccccc1C(F)(F)F. The van der Waals surface area contributed by atoms with Crippen molar-refractivity contribution in [2.45, 2.75) is 19.3 Å². The first kappa shape index (κ1) is 21.3. The molecular formula is C24H18F3N3O2. The summed E-state index contributed by atoms with van der Waals surface area (Å²) in [6, 6.07) is 21.3. The number of halogens is 3. The average molecular weight is 437 g/mol. The van der Waals surface area contributed by atoms with Gasteiger partial charge in [-0.2, -0.15) is 18.2 Å². The molecule has 0 unspecified atom stereocenters. The lowest BCUT2D eigenvalue weighted by molar-refractivity contribution is -0.138. The van der Waals surface area contributed by atoms with Gasteiger partial charge in [0.15, 0.2) is 0 Å². The molecule has 0 saturated heterocycles. The van der Waals surface area contributed by atoms with Crippen LogP contribution in [-0.4, -0.2) is 15.5 Å². The lowest BCUT2D eigenvalue weighted by Crippen LogP contribution is -2.33. The predicted molar refractivity (Wildman–Crippen MR) is 115 cm³/mol. The third-order valence-corrected chi connectivity index (χ3v) is 5.04. The predicted octanol–water partition coefficient (Wildman–Crippen LogP) is 4.40. The van der Waals surface area contributed by atoms with E-state index in [2.05, 4.69) is 10.3 Å². The zero-order valence-corrected chi connectivity index (χ0v) is 16.8. The van der Waals surface area contributed by atoms with Crippen LogP contribution in [0.25, 0.3) is 22.2 Å². The molecule has 0 spiro atoms. The Balaban J connectivity index is 1.61. The second kappa shape index (κ2) is 8.66. The summed E-state index contributed by atoms with van der Waals surface area (Å²) >= 11 is 0. The topological polar surface area (TPSA) is 64.0 Å². The van der Waals surface area contributed by atoms with Gasteiger partial charge in [0.1, 0.15) is 6.54 Å². The molecule has 0 saturated carbocycles. The highest BCUT2D eigenvalue weighted by molar-refractivity contribution is 5.93. The van der Waals surface area contributed by atoms with Gasteiger partial charge in [-0.25, -0.2) is 4.79 Å². The third-order valence-electron chi connectivity index (χ3n) is 5.04. The van der Waals surface area contributed by atoms with Crippen LogP contribution < -0.4 is 11.0 Å². The summed E-state index contributed by atoms with van der Waals surface area (Å²) in [5.41, 5.74) is 0.300. The number of para-hydroxylation sites is 1. The number of hydrogen-bond donors (Lipinski definition) is 1. The molecule has 8 heteroatoms. The molecule has 1 heterocycles. The number of nitrogens with zero attached hydrogens (tertiary/aromatic N) is 2. The Hall–Kier alpha value is -3.94. The maximum atomic E-state index is 13.2. The smallest absolute Gasteiger partial charge is 0.350 e. The molecular weight excluding hydrogens is 419 g/mol. The first-order valence-electron chi connectivity index (χ1n) is 9.81. The molecule has 0 aliphatic rings. The second-order valence-corrected chi connectivity index (χ2v) is 7.14. The highest BCUT2D eigenvalue weighted by Gasteiger charge is 2.32. The molecule has 162 valence electrons. The second-order valence-electron chi connectivity index (χ2n) is 7.14. The minimum Gasteiger partial charge on any atom is -0.350 e. The molecule has 4 aromatic rings. The van der Waals surface area contributed by atoms with Crippen LogP contribution in [0.15, 0.2) is 83.7 Å². The first-order valence-corrected chi connectivity index (χ1v) is 9.81. The fraction of sp³-hybridized carbons (Fsp3) is 0.125. The summed E-state index contributed by atoms with van der Waals surface area (Å²) in [6.45, 7) is -0.674. The number of amides is 1. The number of carbonyl (C=O) groups excluding carboxylic acids is 1. The van der Waals surface area contributed by atoms with Gasteiger partial charge in [-0.05, 0) is 17.7 Å². The van der Waals surface area contributed by atoms with Gasteiger partial charge < -0.3 is 5.32 Å². The first-order chi connectivity index (χ1) is 15.3. The van der Waals surface area contributed by atoms with E-state index >= 15 is 0 Å². The Morgan fingerprint density at radius 2 is 1.56 bits per heavy atom. The standard InChI is InChI=1S/C24H18F3N3O2/c25-24(26,27)19-12-6-4-10-17(19)14-28-21(31)15-30-20-13-7-5-11-18(20)22(29-23(30)32)16-8-2-1-3-9-16/h1-13H,14-15H2,(H,28,31). The molecule has 1 amide bonds. The largest absolute Gasteiger partial charge is 0.416 e. The Kier molecular flexibility index (Phi) is 5.77. The zero-order valence-electron chi connectivity index (χ0n) is 16.8. The maximum absolute atomic E-state index is 13.2. The lowest BCUT2D eigenvalue weighted by Gasteiger charge is -2.15. The van der Waals surface area contributed by atoms with Crippen molar-refractivity contribution in [3.8, 4) is 11.3 Å². The summed E-state index contributed by atoms with van der Waals surface area (Å²) < 4.78 is 40.7. The Labute approximate surface area is 181 Å². The van der Waals surface area contributed by atoms with Gasteiger partial charge in [0.05, 0.1) is 16.8 Å². The van der Waals surface area contributed by atoms with Crippen LogP contribution in [-0.2, 0) is 24.1 Å². The van der Waals surface area contributed by atoms with Crippen molar-refractivity contribution < 1.29 is 18.0 Å². The van der Waals surface area contributed by atoms with Crippen molar-refractivity contribution >= 4 is 16.8 Å². The van der Waals surface area contributed by atoms with Gasteiger partial charge in [0.2, 0.25) is 5.91 Å². The molecule has 0 bridgehead atoms. The molecule has 0 aliphatic heterocycles. The van der Waals surface area contributed by atoms with E-state index in [1.807, 2.05) is 30.3 Å². The minimum absolute atomic E-state index is 0.0527. The molecule has 32 heavy (non-hydrogen) atoms. The van der Waals surface area contributed by atoms with Gasteiger partial charge in [-0.1, -0.05) is 66.7 Å². The normalized spacial score (nSPS) is 11.5. The number of alkyl halides is 3. The Morgan fingerprint density at radius 1 is 0.906 bits per heavy atom. The zero-order chi connectivity index (χ0) is 22.7. The number of hydrogen-bond acceptors (Lipinski definition) is 3. The molecule has 1 aromatic heterocycles. The molecule has 0 aliphatic carbocycles. The molecule has 3 aromatic carbocycles. The number of nitrogens with one attached hydrogen (secondary N) is 1. The van der Waals surface area contributed by atoms with Crippen LogP contribution in [0.3, 0.4) is 0 Å². The molecule has 0 atom stereocenters. The highest BCUT2D eigenvalue weighted by atomic mass is 19.4. The average Bonchev–Trinajstić information content (AvgIpc) is 2.79. The van der Waals surface area contributed by atoms with Crippen molar-refractivity contribution in [1.82, 2.24) is 14.9 Å². The van der Waals surface area contributed by atoms with Gasteiger partial charge >= 0.3 is 11.9 Å². The number of fused-ring (bicyclic) bond motifs is 1. The number of rotatable bonds is 5. The Morgan fingerprint density at radius 3 is 2.31 bits per heavy atom. The Bertz CT molecular complexity index is 1330. The summed E-state index contributed by atoms with van der Waals surface area (Å²) in [4.78, 5) is 29.4. The van der Waals surface area contributed by atoms with Gasteiger partial charge in [0, 0.05) is 17.5 Å². The van der Waals surface area contributed by atoms with Crippen LogP contribution in [0.5, 0.6) is 0 Å². The molecule has 0 fully saturated rings. The fourth-order valence-electron chi connectivity index (χ4n) is 3.54. The van der Waals surface area contributed by atoms with E-state index in [0.29, 0.717) is 16.6 Å². The van der Waals surface area contributed by atoms with Crippen molar-refractivity contribution in [3.05, 3.63) is 100 Å². The molecule has 1 N–H and O–H groups in total. The minimum atomic E-state index is -4.52. The molecule has 0 radical (unpaired) electrons.